The zero-order valence-corrected chi connectivity index (χ0v) is 11.5. The van der Waals surface area contributed by atoms with E-state index in [9.17, 15) is 0 Å². The van der Waals surface area contributed by atoms with Crippen LogP contribution in [0.4, 0.5) is 0 Å². The van der Waals surface area contributed by atoms with Crippen molar-refractivity contribution in [3.63, 3.8) is 0 Å². The van der Waals surface area contributed by atoms with E-state index >= 15 is 0 Å². The molecule has 0 saturated carbocycles. The molecule has 1 heterocycles. The van der Waals surface area contributed by atoms with Gasteiger partial charge in [0.25, 0.3) is 0 Å². The Bertz CT molecular complexity index is 586. The number of ether oxygens (including phenoxy) is 1. The maximum absolute atomic E-state index is 8.56. The van der Waals surface area contributed by atoms with Crippen LogP contribution in [0.3, 0.4) is 0 Å². The Kier molecular flexibility index (Phi) is 5.15. The topological polar surface area (TPSA) is 62.9 Å². The van der Waals surface area contributed by atoms with Crippen LogP contribution in [0.15, 0.2) is 36.7 Å². The number of benzene rings is 1. The first-order chi connectivity index (χ1) is 9.79. The molecule has 1 aromatic carbocycles. The smallest absolute Gasteiger partial charge is 0.174 e. The average molecular weight is 270 g/mol. The number of nitrogens with zero attached hydrogens (tertiary/aromatic N) is 3. The summed E-state index contributed by atoms with van der Waals surface area (Å²) in [6, 6.07) is 9.75. The molecule has 0 amide bonds. The molecule has 0 fully saturated rings. The Morgan fingerprint density at radius 1 is 1.40 bits per heavy atom. The Morgan fingerprint density at radius 3 is 3.00 bits per heavy atom. The van der Waals surface area contributed by atoms with Crippen LogP contribution < -0.4 is 10.1 Å². The van der Waals surface area contributed by atoms with Crippen molar-refractivity contribution in [3.05, 3.63) is 47.8 Å². The molecule has 2 rings (SSSR count). The van der Waals surface area contributed by atoms with E-state index in [1.54, 1.807) is 4.68 Å². The first-order valence-corrected chi connectivity index (χ1v) is 6.55. The van der Waals surface area contributed by atoms with Gasteiger partial charge in [-0.3, -0.25) is 4.68 Å². The normalized spacial score (nSPS) is 10.2. The van der Waals surface area contributed by atoms with E-state index in [-0.39, 0.29) is 6.61 Å². The first-order valence-electron chi connectivity index (χ1n) is 6.55. The van der Waals surface area contributed by atoms with E-state index in [2.05, 4.69) is 10.4 Å². The van der Waals surface area contributed by atoms with Gasteiger partial charge in [0.05, 0.1) is 6.20 Å². The van der Waals surface area contributed by atoms with Crippen LogP contribution in [0.2, 0.25) is 0 Å². The molecule has 0 spiro atoms. The van der Waals surface area contributed by atoms with Gasteiger partial charge in [-0.15, -0.1) is 0 Å². The first kappa shape index (κ1) is 14.1. The predicted octanol–water partition coefficient (Wildman–Crippen LogP) is 1.65. The lowest BCUT2D eigenvalue weighted by molar-refractivity contribution is 0.362. The van der Waals surface area contributed by atoms with Crippen LogP contribution in [0.5, 0.6) is 5.75 Å². The predicted molar refractivity (Wildman–Crippen MR) is 76.2 cm³/mol. The summed E-state index contributed by atoms with van der Waals surface area (Å²) in [5, 5.41) is 16.1. The molecule has 0 aliphatic heterocycles. The van der Waals surface area contributed by atoms with Crippen LogP contribution in [0, 0.1) is 11.3 Å². The van der Waals surface area contributed by atoms with Crippen LogP contribution in [0.1, 0.15) is 11.1 Å². The minimum Gasteiger partial charge on any atom is -0.478 e. The van der Waals surface area contributed by atoms with Crippen molar-refractivity contribution < 1.29 is 4.74 Å². The lowest BCUT2D eigenvalue weighted by atomic mass is 10.2. The van der Waals surface area contributed by atoms with Crippen molar-refractivity contribution in [1.82, 2.24) is 15.1 Å². The number of nitriles is 1. The molecule has 5 heteroatoms. The van der Waals surface area contributed by atoms with E-state index in [4.69, 9.17) is 10.00 Å². The van der Waals surface area contributed by atoms with E-state index < -0.39 is 0 Å². The van der Waals surface area contributed by atoms with Crippen LogP contribution >= 0.6 is 0 Å². The molecule has 0 saturated heterocycles. The van der Waals surface area contributed by atoms with E-state index in [0.29, 0.717) is 0 Å². The highest BCUT2D eigenvalue weighted by Crippen LogP contribution is 2.17. The molecule has 1 N–H and O–H groups in total. The number of aryl methyl sites for hydroxylation is 1. The van der Waals surface area contributed by atoms with Crippen molar-refractivity contribution in [1.29, 1.82) is 5.26 Å². The fourth-order valence-corrected chi connectivity index (χ4v) is 1.96. The lowest BCUT2D eigenvalue weighted by Crippen LogP contribution is -2.17. The molecular formula is C15H18N4O. The van der Waals surface area contributed by atoms with Gasteiger partial charge in [-0.2, -0.15) is 10.4 Å². The quantitative estimate of drug-likeness (QED) is 0.777. The highest BCUT2D eigenvalue weighted by molar-refractivity contribution is 5.33. The fourth-order valence-electron chi connectivity index (χ4n) is 1.96. The number of rotatable bonds is 7. The summed E-state index contributed by atoms with van der Waals surface area (Å²) in [6.45, 7) is 1.67. The molecule has 0 aliphatic rings. The van der Waals surface area contributed by atoms with Crippen molar-refractivity contribution >= 4 is 0 Å². The van der Waals surface area contributed by atoms with Gasteiger partial charge < -0.3 is 10.1 Å². The molecule has 5 nitrogen and oxygen atoms in total. The number of para-hydroxylation sites is 1. The van der Waals surface area contributed by atoms with E-state index in [0.717, 1.165) is 30.8 Å². The Morgan fingerprint density at radius 2 is 2.25 bits per heavy atom. The molecular weight excluding hydrogens is 252 g/mol. The van der Waals surface area contributed by atoms with Gasteiger partial charge in [-0.05, 0) is 24.6 Å². The van der Waals surface area contributed by atoms with Gasteiger partial charge in [0.15, 0.2) is 6.61 Å². The van der Waals surface area contributed by atoms with Gasteiger partial charge in [0.2, 0.25) is 0 Å². The maximum Gasteiger partial charge on any atom is 0.174 e. The molecule has 0 unspecified atom stereocenters. The summed E-state index contributed by atoms with van der Waals surface area (Å²) < 4.78 is 7.20. The molecule has 0 atom stereocenters. The Hall–Kier alpha value is -2.32. The van der Waals surface area contributed by atoms with Crippen molar-refractivity contribution in [3.8, 4) is 11.8 Å². The Balaban J connectivity index is 1.80. The number of hydrogen-bond donors (Lipinski definition) is 1. The summed E-state index contributed by atoms with van der Waals surface area (Å²) >= 11 is 0. The SMILES string of the molecule is Cn1cc(CCNCc2ccccc2OCC#N)cn1. The van der Waals surface area contributed by atoms with Gasteiger partial charge in [-0.1, -0.05) is 18.2 Å². The summed E-state index contributed by atoms with van der Waals surface area (Å²) in [5.74, 6) is 0.767. The zero-order valence-electron chi connectivity index (χ0n) is 11.5. The lowest BCUT2D eigenvalue weighted by Gasteiger charge is -2.09. The van der Waals surface area contributed by atoms with E-state index in [1.165, 1.54) is 5.56 Å². The molecule has 104 valence electrons. The minimum absolute atomic E-state index is 0.0761. The second-order valence-electron chi connectivity index (χ2n) is 4.50. The highest BCUT2D eigenvalue weighted by Gasteiger charge is 2.02. The number of aromatic nitrogens is 2. The van der Waals surface area contributed by atoms with Crippen molar-refractivity contribution in [2.45, 2.75) is 13.0 Å². The third-order valence-corrected chi connectivity index (χ3v) is 2.93. The van der Waals surface area contributed by atoms with Gasteiger partial charge in [-0.25, -0.2) is 0 Å². The summed E-state index contributed by atoms with van der Waals surface area (Å²) in [5.41, 5.74) is 2.28. The van der Waals surface area contributed by atoms with Crippen LogP contribution in [-0.2, 0) is 20.0 Å². The average Bonchev–Trinajstić information content (AvgIpc) is 2.88. The molecule has 20 heavy (non-hydrogen) atoms. The molecule has 0 radical (unpaired) electrons. The maximum atomic E-state index is 8.56. The standard InChI is InChI=1S/C15H18N4O/c1-19-12-13(10-18-19)6-8-17-11-14-4-2-3-5-15(14)20-9-7-16/h2-5,10,12,17H,6,8-9,11H2,1H3. The third-order valence-electron chi connectivity index (χ3n) is 2.93. The molecule has 1 aromatic heterocycles. The van der Waals surface area contributed by atoms with E-state index in [1.807, 2.05) is 49.8 Å². The number of nitrogens with one attached hydrogen (secondary N) is 1. The van der Waals surface area contributed by atoms with Gasteiger partial charge >= 0.3 is 0 Å². The number of hydrogen-bond acceptors (Lipinski definition) is 4. The van der Waals surface area contributed by atoms with Crippen molar-refractivity contribution in [2.24, 2.45) is 7.05 Å². The van der Waals surface area contributed by atoms with Crippen LogP contribution in [-0.4, -0.2) is 22.9 Å². The summed E-state index contributed by atoms with van der Waals surface area (Å²) in [6.07, 6.45) is 4.84. The van der Waals surface area contributed by atoms with Crippen LogP contribution in [0.25, 0.3) is 0 Å². The van der Waals surface area contributed by atoms with Crippen molar-refractivity contribution in [2.75, 3.05) is 13.2 Å². The third kappa shape index (κ3) is 4.11. The van der Waals surface area contributed by atoms with Gasteiger partial charge in [0.1, 0.15) is 11.8 Å². The zero-order chi connectivity index (χ0) is 14.2. The monoisotopic (exact) mass is 270 g/mol. The second-order valence-corrected chi connectivity index (χ2v) is 4.50. The molecule has 2 aromatic rings. The minimum atomic E-state index is 0.0761. The fraction of sp³-hybridized carbons (Fsp3) is 0.333. The highest BCUT2D eigenvalue weighted by atomic mass is 16.5. The Labute approximate surface area is 118 Å². The second kappa shape index (κ2) is 7.31. The molecule has 0 bridgehead atoms. The summed E-state index contributed by atoms with van der Waals surface area (Å²) in [4.78, 5) is 0. The largest absolute Gasteiger partial charge is 0.478 e. The molecule has 0 aliphatic carbocycles. The van der Waals surface area contributed by atoms with Gasteiger partial charge in [0, 0.05) is 25.4 Å². The summed E-state index contributed by atoms with van der Waals surface area (Å²) in [7, 11) is 1.92.